The minimum absolute atomic E-state index is 0.0610. The van der Waals surface area contributed by atoms with E-state index in [0.29, 0.717) is 24.9 Å². The molecule has 0 atom stereocenters. The summed E-state index contributed by atoms with van der Waals surface area (Å²) in [4.78, 5) is 2.23. The van der Waals surface area contributed by atoms with Crippen molar-refractivity contribution in [1.82, 2.24) is 19.9 Å². The molecule has 1 aliphatic heterocycles. The Balaban J connectivity index is 1.39. The quantitative estimate of drug-likeness (QED) is 0.654. The molecule has 0 saturated carbocycles. The van der Waals surface area contributed by atoms with E-state index in [4.69, 9.17) is 0 Å². The lowest BCUT2D eigenvalue weighted by molar-refractivity contribution is -0.138. The van der Waals surface area contributed by atoms with Crippen molar-refractivity contribution in [3.05, 3.63) is 77.6 Å². The fourth-order valence-corrected chi connectivity index (χ4v) is 3.82. The lowest BCUT2D eigenvalue weighted by Crippen LogP contribution is -2.33. The number of likely N-dealkylation sites (tertiary alicyclic amines) is 1. The van der Waals surface area contributed by atoms with E-state index in [9.17, 15) is 13.2 Å². The van der Waals surface area contributed by atoms with Gasteiger partial charge in [-0.25, -0.2) is 4.68 Å². The van der Waals surface area contributed by atoms with Gasteiger partial charge in [0.2, 0.25) is 0 Å². The van der Waals surface area contributed by atoms with Crippen LogP contribution >= 0.6 is 0 Å². The van der Waals surface area contributed by atoms with Crippen molar-refractivity contribution in [3.8, 4) is 5.69 Å². The average Bonchev–Trinajstić information content (AvgIpc) is 3.17. The summed E-state index contributed by atoms with van der Waals surface area (Å²) >= 11 is 0. The van der Waals surface area contributed by atoms with Gasteiger partial charge in [-0.15, -0.1) is 5.10 Å². The van der Waals surface area contributed by atoms with Gasteiger partial charge >= 0.3 is 6.18 Å². The van der Waals surface area contributed by atoms with Crippen LogP contribution in [-0.4, -0.2) is 33.0 Å². The molecule has 4 nitrogen and oxygen atoms in total. The Morgan fingerprint density at radius 3 is 2.32 bits per heavy atom. The molecule has 2 aromatic carbocycles. The Hall–Kier alpha value is -2.67. The Bertz CT molecular complexity index is 913. The minimum atomic E-state index is -4.30. The monoisotopic (exact) mass is 386 g/mol. The lowest BCUT2D eigenvalue weighted by atomic mass is 9.86. The Kier molecular flexibility index (Phi) is 5.17. The summed E-state index contributed by atoms with van der Waals surface area (Å²) in [6.45, 7) is 2.14. The third-order valence-corrected chi connectivity index (χ3v) is 5.24. The molecule has 7 heteroatoms. The summed E-state index contributed by atoms with van der Waals surface area (Å²) < 4.78 is 41.6. The van der Waals surface area contributed by atoms with Gasteiger partial charge in [-0.2, -0.15) is 13.2 Å². The minimum Gasteiger partial charge on any atom is -0.297 e. The average molecular weight is 386 g/mol. The molecule has 1 saturated heterocycles. The van der Waals surface area contributed by atoms with Crippen LogP contribution in [0.25, 0.3) is 5.69 Å². The summed E-state index contributed by atoms with van der Waals surface area (Å²) in [5.74, 6) is -0.0610. The van der Waals surface area contributed by atoms with Crippen molar-refractivity contribution in [2.75, 3.05) is 13.1 Å². The Morgan fingerprint density at radius 1 is 0.929 bits per heavy atom. The Labute approximate surface area is 161 Å². The number of hydrogen-bond donors (Lipinski definition) is 0. The largest absolute Gasteiger partial charge is 0.416 e. The highest BCUT2D eigenvalue weighted by Gasteiger charge is 2.35. The SMILES string of the molecule is FC(F)(F)c1ccccc1C1CCN(Cc2cn(-c3ccccc3)nn2)CC1. The van der Waals surface area contributed by atoms with Crippen molar-refractivity contribution >= 4 is 0 Å². The van der Waals surface area contributed by atoms with Crippen LogP contribution in [0.15, 0.2) is 60.8 Å². The van der Waals surface area contributed by atoms with Gasteiger partial charge in [0.15, 0.2) is 0 Å². The first-order valence-electron chi connectivity index (χ1n) is 9.36. The Morgan fingerprint density at radius 2 is 1.61 bits per heavy atom. The van der Waals surface area contributed by atoms with E-state index >= 15 is 0 Å². The molecular weight excluding hydrogens is 365 g/mol. The second-order valence-corrected chi connectivity index (χ2v) is 7.13. The van der Waals surface area contributed by atoms with Crippen LogP contribution in [-0.2, 0) is 12.7 Å². The molecular formula is C21H21F3N4. The zero-order valence-electron chi connectivity index (χ0n) is 15.3. The van der Waals surface area contributed by atoms with Gasteiger partial charge in [0.25, 0.3) is 0 Å². The van der Waals surface area contributed by atoms with Crippen molar-refractivity contribution in [3.63, 3.8) is 0 Å². The zero-order valence-corrected chi connectivity index (χ0v) is 15.3. The fraction of sp³-hybridized carbons (Fsp3) is 0.333. The molecule has 0 radical (unpaired) electrons. The lowest BCUT2D eigenvalue weighted by Gasteiger charge is -2.32. The van der Waals surface area contributed by atoms with Crippen LogP contribution in [0.2, 0.25) is 0 Å². The fourth-order valence-electron chi connectivity index (χ4n) is 3.82. The summed E-state index contributed by atoms with van der Waals surface area (Å²) in [5, 5.41) is 8.40. The van der Waals surface area contributed by atoms with Crippen LogP contribution in [0.3, 0.4) is 0 Å². The first kappa shape index (κ1) is 18.7. The normalized spacial score (nSPS) is 16.4. The van der Waals surface area contributed by atoms with E-state index in [1.807, 2.05) is 36.5 Å². The number of piperidine rings is 1. The van der Waals surface area contributed by atoms with Gasteiger partial charge in [0.05, 0.1) is 23.1 Å². The highest BCUT2D eigenvalue weighted by atomic mass is 19.4. The van der Waals surface area contributed by atoms with Crippen molar-refractivity contribution in [2.45, 2.75) is 31.5 Å². The van der Waals surface area contributed by atoms with E-state index in [1.165, 1.54) is 12.1 Å². The van der Waals surface area contributed by atoms with E-state index < -0.39 is 11.7 Å². The van der Waals surface area contributed by atoms with Crippen molar-refractivity contribution in [1.29, 1.82) is 0 Å². The number of halogens is 3. The highest BCUT2D eigenvalue weighted by Crippen LogP contribution is 2.38. The molecule has 0 unspecified atom stereocenters. The first-order valence-corrected chi connectivity index (χ1v) is 9.36. The predicted octanol–water partition coefficient (Wildman–Crippen LogP) is 4.67. The van der Waals surface area contributed by atoms with E-state index in [1.54, 1.807) is 16.8 Å². The van der Waals surface area contributed by atoms with Gasteiger partial charge in [0.1, 0.15) is 0 Å². The summed E-state index contributed by atoms with van der Waals surface area (Å²) in [7, 11) is 0. The molecule has 0 amide bonds. The maximum Gasteiger partial charge on any atom is 0.416 e. The number of rotatable bonds is 4. The topological polar surface area (TPSA) is 34.0 Å². The smallest absolute Gasteiger partial charge is 0.297 e. The maximum absolute atomic E-state index is 13.3. The molecule has 0 spiro atoms. The standard InChI is InChI=1S/C21H21F3N4/c22-21(23,24)20-9-5-4-8-19(20)16-10-12-27(13-11-16)14-17-15-28(26-25-17)18-6-2-1-3-7-18/h1-9,15-16H,10-14H2. The summed E-state index contributed by atoms with van der Waals surface area (Å²) in [6, 6.07) is 15.7. The number of hydrogen-bond acceptors (Lipinski definition) is 3. The number of benzene rings is 2. The molecule has 28 heavy (non-hydrogen) atoms. The molecule has 0 bridgehead atoms. The third-order valence-electron chi connectivity index (χ3n) is 5.24. The molecule has 1 aromatic heterocycles. The molecule has 1 aliphatic rings. The van der Waals surface area contributed by atoms with Crippen LogP contribution in [0.5, 0.6) is 0 Å². The summed E-state index contributed by atoms with van der Waals surface area (Å²) in [6.07, 6.45) is -0.982. The van der Waals surface area contributed by atoms with E-state index in [-0.39, 0.29) is 5.92 Å². The van der Waals surface area contributed by atoms with E-state index in [0.717, 1.165) is 24.5 Å². The van der Waals surface area contributed by atoms with Gasteiger partial charge in [0, 0.05) is 6.54 Å². The van der Waals surface area contributed by atoms with Crippen LogP contribution in [0.1, 0.15) is 35.6 Å². The van der Waals surface area contributed by atoms with E-state index in [2.05, 4.69) is 15.2 Å². The second-order valence-electron chi connectivity index (χ2n) is 7.13. The number of aromatic nitrogens is 3. The first-order chi connectivity index (χ1) is 13.5. The van der Waals surface area contributed by atoms with Crippen molar-refractivity contribution in [2.24, 2.45) is 0 Å². The third kappa shape index (κ3) is 4.09. The van der Waals surface area contributed by atoms with Crippen LogP contribution < -0.4 is 0 Å². The molecule has 0 aliphatic carbocycles. The van der Waals surface area contributed by atoms with Gasteiger partial charge < -0.3 is 0 Å². The molecule has 146 valence electrons. The highest BCUT2D eigenvalue weighted by molar-refractivity contribution is 5.33. The summed E-state index contributed by atoms with van der Waals surface area (Å²) in [5.41, 5.74) is 1.73. The number of nitrogens with zero attached hydrogens (tertiary/aromatic N) is 4. The maximum atomic E-state index is 13.3. The molecule has 2 heterocycles. The molecule has 3 aromatic rings. The van der Waals surface area contributed by atoms with Gasteiger partial charge in [-0.05, 0) is 55.6 Å². The zero-order chi connectivity index (χ0) is 19.6. The van der Waals surface area contributed by atoms with Crippen LogP contribution in [0.4, 0.5) is 13.2 Å². The molecule has 0 N–H and O–H groups in total. The number of para-hydroxylation sites is 1. The van der Waals surface area contributed by atoms with Crippen LogP contribution in [0, 0.1) is 0 Å². The molecule has 4 rings (SSSR count). The predicted molar refractivity (Wildman–Crippen MR) is 100 cm³/mol. The molecule has 1 fully saturated rings. The van der Waals surface area contributed by atoms with Crippen molar-refractivity contribution < 1.29 is 13.2 Å². The number of alkyl halides is 3. The van der Waals surface area contributed by atoms with Gasteiger partial charge in [-0.3, -0.25) is 4.90 Å². The van der Waals surface area contributed by atoms with Gasteiger partial charge in [-0.1, -0.05) is 41.6 Å². The second kappa shape index (κ2) is 7.75.